The van der Waals surface area contributed by atoms with E-state index in [-0.39, 0.29) is 34.7 Å². The van der Waals surface area contributed by atoms with Gasteiger partial charge in [-0.3, -0.25) is 19.8 Å². The number of anilines is 2. The van der Waals surface area contributed by atoms with Crippen LogP contribution in [0.3, 0.4) is 0 Å². The molecule has 174 valence electrons. The van der Waals surface area contributed by atoms with Gasteiger partial charge in [0.25, 0.3) is 0 Å². The number of amides is 2. The van der Waals surface area contributed by atoms with Crippen molar-refractivity contribution in [1.82, 2.24) is 5.01 Å². The summed E-state index contributed by atoms with van der Waals surface area (Å²) in [5, 5.41) is 12.4. The molecule has 0 aromatic heterocycles. The van der Waals surface area contributed by atoms with Crippen molar-refractivity contribution in [2.75, 3.05) is 10.7 Å². The van der Waals surface area contributed by atoms with Crippen molar-refractivity contribution in [3.8, 4) is 0 Å². The minimum absolute atomic E-state index is 0.00880. The van der Waals surface area contributed by atoms with Gasteiger partial charge in [0.1, 0.15) is 6.04 Å². The predicted octanol–water partition coefficient (Wildman–Crippen LogP) is 3.78. The lowest BCUT2D eigenvalue weighted by Crippen LogP contribution is -2.52. The van der Waals surface area contributed by atoms with Crippen molar-refractivity contribution in [2.45, 2.75) is 12.5 Å². The van der Waals surface area contributed by atoms with Gasteiger partial charge in [-0.2, -0.15) is 0 Å². The highest BCUT2D eigenvalue weighted by Crippen LogP contribution is 2.24. The van der Waals surface area contributed by atoms with Crippen LogP contribution in [0.5, 0.6) is 0 Å². The van der Waals surface area contributed by atoms with Crippen LogP contribution in [0.4, 0.5) is 15.8 Å². The summed E-state index contributed by atoms with van der Waals surface area (Å²) >= 11 is 5.81. The van der Waals surface area contributed by atoms with Gasteiger partial charge in [-0.05, 0) is 29.8 Å². The number of carboxylic acids is 1. The Hall–Kier alpha value is -4.24. The molecule has 0 saturated heterocycles. The molecule has 0 saturated carbocycles. The van der Waals surface area contributed by atoms with Crippen molar-refractivity contribution in [1.29, 1.82) is 0 Å². The van der Waals surface area contributed by atoms with Crippen molar-refractivity contribution in [2.24, 2.45) is 0 Å². The average Bonchev–Trinajstić information content (AvgIpc) is 2.84. The fraction of sp³-hybridized carbons (Fsp3) is 0.0833. The molecule has 1 atom stereocenters. The van der Waals surface area contributed by atoms with E-state index in [1.165, 1.54) is 42.5 Å². The summed E-state index contributed by atoms with van der Waals surface area (Å²) in [6.07, 6.45) is -0.0946. The zero-order valence-electron chi connectivity index (χ0n) is 17.6. The lowest BCUT2D eigenvalue weighted by Gasteiger charge is -2.31. The first-order valence-corrected chi connectivity index (χ1v) is 10.4. The molecule has 0 radical (unpaired) electrons. The average molecular weight is 484 g/mol. The molecule has 3 N–H and O–H groups in total. The van der Waals surface area contributed by atoms with Crippen molar-refractivity contribution >= 4 is 47.0 Å². The molecule has 0 aliphatic carbocycles. The lowest BCUT2D eigenvalue weighted by molar-refractivity contribution is -0.141. The second kappa shape index (κ2) is 11.1. The van der Waals surface area contributed by atoms with E-state index >= 15 is 0 Å². The topological polar surface area (TPSA) is 116 Å². The van der Waals surface area contributed by atoms with Crippen molar-refractivity contribution in [3.63, 3.8) is 0 Å². The largest absolute Gasteiger partial charge is 0.478 e. The van der Waals surface area contributed by atoms with Crippen LogP contribution in [0, 0.1) is 5.82 Å². The third kappa shape index (κ3) is 5.76. The van der Waals surface area contributed by atoms with Crippen LogP contribution in [-0.4, -0.2) is 40.2 Å². The van der Waals surface area contributed by atoms with Gasteiger partial charge in [-0.15, -0.1) is 0 Å². The van der Waals surface area contributed by atoms with Crippen LogP contribution in [0.2, 0.25) is 5.02 Å². The number of carbonyl (C=O) groups excluding carboxylic acids is 3. The van der Waals surface area contributed by atoms with Gasteiger partial charge in [0.2, 0.25) is 12.2 Å². The maximum Gasteiger partial charge on any atom is 0.337 e. The summed E-state index contributed by atoms with van der Waals surface area (Å²) in [4.78, 5) is 48.8. The number of carboxylic acid groups (broad SMARTS) is 1. The molecule has 2 amide bonds. The number of para-hydroxylation sites is 1. The first-order chi connectivity index (χ1) is 16.3. The molecule has 1 unspecified atom stereocenters. The minimum atomic E-state index is -1.37. The van der Waals surface area contributed by atoms with Crippen molar-refractivity contribution < 1.29 is 28.7 Å². The Morgan fingerprint density at radius 2 is 1.62 bits per heavy atom. The van der Waals surface area contributed by atoms with E-state index in [0.29, 0.717) is 10.6 Å². The highest BCUT2D eigenvalue weighted by atomic mass is 35.5. The van der Waals surface area contributed by atoms with E-state index in [2.05, 4.69) is 10.7 Å². The number of nitrogens with zero attached hydrogens (tertiary/aromatic N) is 1. The Labute approximate surface area is 198 Å². The Bertz CT molecular complexity index is 1220. The number of aldehydes is 1. The normalized spacial score (nSPS) is 11.2. The van der Waals surface area contributed by atoms with Crippen LogP contribution >= 0.6 is 11.6 Å². The standard InChI is InChI=1S/C24H19ClFN3O5/c25-17-10-6-12-19(22(17)26)28-29(21(31)14-30)20(13-15-7-2-1-3-8-15)23(32)27-18-11-5-4-9-16(18)24(33)34/h1-12,14,20,28H,13H2,(H,27,32)(H,33,34). The third-order valence-corrected chi connectivity index (χ3v) is 5.12. The third-order valence-electron chi connectivity index (χ3n) is 4.83. The van der Waals surface area contributed by atoms with E-state index < -0.39 is 29.6 Å². The Balaban J connectivity index is 2.02. The summed E-state index contributed by atoms with van der Waals surface area (Å²) < 4.78 is 14.5. The van der Waals surface area contributed by atoms with E-state index in [9.17, 15) is 28.7 Å². The molecule has 3 aromatic carbocycles. The SMILES string of the molecule is O=CC(=O)N(Nc1cccc(Cl)c1F)C(Cc1ccccc1)C(=O)Nc1ccccc1C(=O)O. The minimum Gasteiger partial charge on any atom is -0.478 e. The molecular formula is C24H19ClFN3O5. The van der Waals surface area contributed by atoms with Gasteiger partial charge in [0.15, 0.2) is 5.82 Å². The predicted molar refractivity (Wildman–Crippen MR) is 124 cm³/mol. The number of benzene rings is 3. The van der Waals surface area contributed by atoms with Crippen LogP contribution in [0.1, 0.15) is 15.9 Å². The molecule has 3 rings (SSSR count). The second-order valence-corrected chi connectivity index (χ2v) is 7.49. The number of rotatable bonds is 9. The van der Waals surface area contributed by atoms with Gasteiger partial charge >= 0.3 is 11.9 Å². The zero-order valence-corrected chi connectivity index (χ0v) is 18.3. The monoisotopic (exact) mass is 483 g/mol. The van der Waals surface area contributed by atoms with E-state index in [4.69, 9.17) is 11.6 Å². The molecule has 3 aromatic rings. The van der Waals surface area contributed by atoms with Crippen molar-refractivity contribution in [3.05, 3.63) is 94.8 Å². The smallest absolute Gasteiger partial charge is 0.337 e. The Morgan fingerprint density at radius 1 is 0.971 bits per heavy atom. The number of halogens is 2. The maximum atomic E-state index is 14.5. The van der Waals surface area contributed by atoms with E-state index in [1.807, 2.05) is 0 Å². The summed E-state index contributed by atoms with van der Waals surface area (Å²) in [7, 11) is 0. The number of nitrogens with one attached hydrogen (secondary N) is 2. The van der Waals surface area contributed by atoms with Crippen LogP contribution in [0.25, 0.3) is 0 Å². The summed E-state index contributed by atoms with van der Waals surface area (Å²) in [5.74, 6) is -4.11. The molecule has 8 nitrogen and oxygen atoms in total. The molecule has 10 heteroatoms. The molecule has 0 bridgehead atoms. The van der Waals surface area contributed by atoms with Crippen LogP contribution in [0.15, 0.2) is 72.8 Å². The fourth-order valence-corrected chi connectivity index (χ4v) is 3.37. The van der Waals surface area contributed by atoms with Crippen LogP contribution in [-0.2, 0) is 20.8 Å². The number of hydrogen-bond acceptors (Lipinski definition) is 5. The lowest BCUT2D eigenvalue weighted by atomic mass is 10.0. The number of hydrazine groups is 1. The van der Waals surface area contributed by atoms with E-state index in [0.717, 1.165) is 0 Å². The second-order valence-electron chi connectivity index (χ2n) is 7.08. The van der Waals surface area contributed by atoms with Gasteiger partial charge in [-0.25, -0.2) is 14.2 Å². The number of aromatic carboxylic acids is 1. The first-order valence-electron chi connectivity index (χ1n) is 9.98. The van der Waals surface area contributed by atoms with Gasteiger partial charge in [-0.1, -0.05) is 60.1 Å². The number of carbonyl (C=O) groups is 4. The molecule has 0 spiro atoms. The molecule has 0 aliphatic heterocycles. The molecule has 0 aliphatic rings. The van der Waals surface area contributed by atoms with Gasteiger partial charge < -0.3 is 10.4 Å². The molecule has 0 heterocycles. The summed E-state index contributed by atoms with van der Waals surface area (Å²) in [5.41, 5.74) is 2.69. The highest BCUT2D eigenvalue weighted by Gasteiger charge is 2.32. The summed E-state index contributed by atoms with van der Waals surface area (Å²) in [6, 6.07) is 16.9. The Kier molecular flexibility index (Phi) is 7.94. The van der Waals surface area contributed by atoms with Gasteiger partial charge in [0, 0.05) is 6.42 Å². The molecule has 34 heavy (non-hydrogen) atoms. The van der Waals surface area contributed by atoms with Gasteiger partial charge in [0.05, 0.1) is 22.0 Å². The molecular weight excluding hydrogens is 465 g/mol. The summed E-state index contributed by atoms with van der Waals surface area (Å²) in [6.45, 7) is 0. The van der Waals surface area contributed by atoms with Crippen LogP contribution < -0.4 is 10.7 Å². The van der Waals surface area contributed by atoms with E-state index in [1.54, 1.807) is 30.3 Å². The Morgan fingerprint density at radius 3 is 2.29 bits per heavy atom. The number of hydrogen-bond donors (Lipinski definition) is 3. The fourth-order valence-electron chi connectivity index (χ4n) is 3.20. The maximum absolute atomic E-state index is 14.5. The zero-order chi connectivity index (χ0) is 24.7. The first kappa shape index (κ1) is 24.4. The highest BCUT2D eigenvalue weighted by molar-refractivity contribution is 6.31. The quantitative estimate of drug-likeness (QED) is 0.242. The molecule has 0 fully saturated rings.